The highest BCUT2D eigenvalue weighted by Crippen LogP contribution is 2.42. The second-order valence-corrected chi connectivity index (χ2v) is 3.80. The van der Waals surface area contributed by atoms with E-state index >= 15 is 0 Å². The summed E-state index contributed by atoms with van der Waals surface area (Å²) in [5.41, 5.74) is 5.50. The van der Waals surface area contributed by atoms with Gasteiger partial charge in [-0.1, -0.05) is 24.3 Å². The van der Waals surface area contributed by atoms with Gasteiger partial charge in [-0.15, -0.1) is 0 Å². The van der Waals surface area contributed by atoms with Gasteiger partial charge in [0.1, 0.15) is 12.0 Å². The molecule has 1 aromatic carbocycles. The van der Waals surface area contributed by atoms with Crippen molar-refractivity contribution in [3.63, 3.8) is 0 Å². The summed E-state index contributed by atoms with van der Waals surface area (Å²) in [5, 5.41) is 10.1. The smallest absolute Gasteiger partial charge is 0.150 e. The fourth-order valence-corrected chi connectivity index (χ4v) is 1.71. The molecule has 0 amide bonds. The maximum absolute atomic E-state index is 10.8. The van der Waals surface area contributed by atoms with Crippen molar-refractivity contribution in [3.05, 3.63) is 35.4 Å². The third kappa shape index (κ3) is 1.45. The lowest BCUT2D eigenvalue weighted by atomic mass is 9.94. The molecule has 1 saturated carbocycles. The van der Waals surface area contributed by atoms with Crippen LogP contribution in [0.15, 0.2) is 24.3 Å². The lowest BCUT2D eigenvalue weighted by Gasteiger charge is -2.24. The van der Waals surface area contributed by atoms with Crippen molar-refractivity contribution in [2.24, 2.45) is 11.7 Å². The second-order valence-electron chi connectivity index (χ2n) is 3.80. The molecule has 2 rings (SSSR count). The fourth-order valence-electron chi connectivity index (χ4n) is 1.71. The molecule has 0 radical (unpaired) electrons. The van der Waals surface area contributed by atoms with Crippen molar-refractivity contribution >= 4 is 6.29 Å². The van der Waals surface area contributed by atoms with E-state index in [1.165, 1.54) is 0 Å². The first-order valence-corrected chi connectivity index (χ1v) is 4.72. The van der Waals surface area contributed by atoms with E-state index in [1.54, 1.807) is 24.3 Å². The topological polar surface area (TPSA) is 63.3 Å². The van der Waals surface area contributed by atoms with Crippen LogP contribution in [0.4, 0.5) is 0 Å². The van der Waals surface area contributed by atoms with Gasteiger partial charge in [0.25, 0.3) is 0 Å². The largest absolute Gasteiger partial charge is 0.371 e. The van der Waals surface area contributed by atoms with Crippen molar-refractivity contribution in [1.29, 1.82) is 0 Å². The van der Waals surface area contributed by atoms with Crippen LogP contribution in [0.1, 0.15) is 28.8 Å². The average molecular weight is 191 g/mol. The van der Waals surface area contributed by atoms with Crippen LogP contribution in [0, 0.1) is 5.92 Å². The zero-order valence-electron chi connectivity index (χ0n) is 7.81. The Bertz CT molecular complexity index is 356. The number of aliphatic hydroxyl groups is 1. The number of carbonyl (C=O) groups is 1. The van der Waals surface area contributed by atoms with E-state index < -0.39 is 5.72 Å². The Labute approximate surface area is 82.5 Å². The number of nitrogens with two attached hydrogens (primary N) is 1. The minimum Gasteiger partial charge on any atom is -0.371 e. The van der Waals surface area contributed by atoms with Crippen molar-refractivity contribution in [2.45, 2.75) is 18.6 Å². The van der Waals surface area contributed by atoms with Crippen LogP contribution in [-0.2, 0) is 5.72 Å². The van der Waals surface area contributed by atoms with Gasteiger partial charge >= 0.3 is 0 Å². The molecule has 0 saturated heterocycles. The van der Waals surface area contributed by atoms with Crippen LogP contribution in [0.5, 0.6) is 0 Å². The molecule has 1 atom stereocenters. The molecule has 0 heterocycles. The molecule has 1 fully saturated rings. The Morgan fingerprint density at radius 3 is 2.64 bits per heavy atom. The van der Waals surface area contributed by atoms with Crippen LogP contribution in [0.25, 0.3) is 0 Å². The van der Waals surface area contributed by atoms with Gasteiger partial charge in [-0.3, -0.25) is 10.5 Å². The van der Waals surface area contributed by atoms with Gasteiger partial charge in [0, 0.05) is 17.0 Å². The van der Waals surface area contributed by atoms with E-state index in [2.05, 4.69) is 0 Å². The van der Waals surface area contributed by atoms with E-state index in [-0.39, 0.29) is 5.92 Å². The molecule has 0 bridgehead atoms. The molecule has 0 spiro atoms. The Kier molecular flexibility index (Phi) is 2.13. The molecule has 14 heavy (non-hydrogen) atoms. The quantitative estimate of drug-likeness (QED) is 0.553. The molecule has 3 nitrogen and oxygen atoms in total. The van der Waals surface area contributed by atoms with E-state index in [1.807, 2.05) is 0 Å². The first-order valence-electron chi connectivity index (χ1n) is 4.72. The lowest BCUT2D eigenvalue weighted by Crippen LogP contribution is -2.39. The summed E-state index contributed by atoms with van der Waals surface area (Å²) in [6.07, 6.45) is 2.59. The first kappa shape index (κ1) is 9.37. The molecule has 1 aromatic rings. The maximum Gasteiger partial charge on any atom is 0.150 e. The second kappa shape index (κ2) is 3.19. The van der Waals surface area contributed by atoms with Gasteiger partial charge in [0.05, 0.1) is 0 Å². The van der Waals surface area contributed by atoms with Gasteiger partial charge in [-0.25, -0.2) is 0 Å². The highest BCUT2D eigenvalue weighted by atomic mass is 16.3. The zero-order valence-corrected chi connectivity index (χ0v) is 7.81. The molecule has 3 N–H and O–H groups in total. The summed E-state index contributed by atoms with van der Waals surface area (Å²) in [6, 6.07) is 6.92. The van der Waals surface area contributed by atoms with Crippen LogP contribution in [0.2, 0.25) is 0 Å². The summed E-state index contributed by atoms with van der Waals surface area (Å²) in [6.45, 7) is 0. The highest BCUT2D eigenvalue weighted by molar-refractivity contribution is 5.77. The minimum atomic E-state index is -1.34. The summed E-state index contributed by atoms with van der Waals surface area (Å²) in [7, 11) is 0. The molecule has 0 aromatic heterocycles. The number of aldehydes is 1. The predicted molar refractivity (Wildman–Crippen MR) is 52.6 cm³/mol. The summed E-state index contributed by atoms with van der Waals surface area (Å²) >= 11 is 0. The Balaban J connectivity index is 2.43. The molecule has 0 aliphatic heterocycles. The summed E-state index contributed by atoms with van der Waals surface area (Å²) < 4.78 is 0. The van der Waals surface area contributed by atoms with Gasteiger partial charge in [0.2, 0.25) is 0 Å². The van der Waals surface area contributed by atoms with Crippen molar-refractivity contribution in [3.8, 4) is 0 Å². The fraction of sp³-hybridized carbons (Fsp3) is 0.364. The maximum atomic E-state index is 10.8. The van der Waals surface area contributed by atoms with E-state index in [4.69, 9.17) is 5.73 Å². The number of benzene rings is 1. The average Bonchev–Trinajstić information content (AvgIpc) is 3.01. The van der Waals surface area contributed by atoms with Gasteiger partial charge in [-0.2, -0.15) is 0 Å². The zero-order chi connectivity index (χ0) is 10.2. The van der Waals surface area contributed by atoms with Gasteiger partial charge in [-0.05, 0) is 12.8 Å². The van der Waals surface area contributed by atoms with Crippen LogP contribution >= 0.6 is 0 Å². The molecule has 3 heteroatoms. The number of carbonyl (C=O) groups excluding carboxylic acids is 1. The molecule has 0 unspecified atom stereocenters. The number of hydrogen-bond donors (Lipinski definition) is 2. The molecule has 74 valence electrons. The van der Waals surface area contributed by atoms with E-state index in [9.17, 15) is 9.90 Å². The van der Waals surface area contributed by atoms with Gasteiger partial charge < -0.3 is 5.11 Å². The third-order valence-electron chi connectivity index (χ3n) is 2.72. The number of hydrogen-bond acceptors (Lipinski definition) is 3. The first-order chi connectivity index (χ1) is 6.66. The molecule has 1 aliphatic rings. The Morgan fingerprint density at radius 2 is 2.07 bits per heavy atom. The minimum absolute atomic E-state index is 0.101. The van der Waals surface area contributed by atoms with Crippen LogP contribution in [-0.4, -0.2) is 11.4 Å². The summed E-state index contributed by atoms with van der Waals surface area (Å²) in [5.74, 6) is 0.101. The lowest BCUT2D eigenvalue weighted by molar-refractivity contribution is 0.0189. The molecular formula is C11H13NO2. The Hall–Kier alpha value is -1.19. The Morgan fingerprint density at radius 1 is 1.43 bits per heavy atom. The van der Waals surface area contributed by atoms with E-state index in [0.29, 0.717) is 11.1 Å². The van der Waals surface area contributed by atoms with Gasteiger partial charge in [0.15, 0.2) is 0 Å². The van der Waals surface area contributed by atoms with Crippen LogP contribution in [0.3, 0.4) is 0 Å². The van der Waals surface area contributed by atoms with Crippen molar-refractivity contribution < 1.29 is 9.90 Å². The summed E-state index contributed by atoms with van der Waals surface area (Å²) in [4.78, 5) is 10.8. The monoisotopic (exact) mass is 191 g/mol. The molecular weight excluding hydrogens is 178 g/mol. The standard InChI is InChI=1S/C11H13NO2/c12-11(14,9-5-6-9)10-4-2-1-3-8(10)7-13/h1-4,7,9,14H,5-6,12H2/t11-/m0/s1. The van der Waals surface area contributed by atoms with E-state index in [0.717, 1.165) is 19.1 Å². The SMILES string of the molecule is N[C@@](O)(c1ccccc1C=O)C1CC1. The van der Waals surface area contributed by atoms with Crippen molar-refractivity contribution in [2.75, 3.05) is 0 Å². The predicted octanol–water partition coefficient (Wildman–Crippen LogP) is 1.01. The van der Waals surface area contributed by atoms with Crippen LogP contribution < -0.4 is 5.73 Å². The normalized spacial score (nSPS) is 20.1. The van der Waals surface area contributed by atoms with Crippen molar-refractivity contribution in [1.82, 2.24) is 0 Å². The third-order valence-corrected chi connectivity index (χ3v) is 2.72. The number of rotatable bonds is 3. The highest BCUT2D eigenvalue weighted by Gasteiger charge is 2.42. The molecule has 1 aliphatic carbocycles.